The van der Waals surface area contributed by atoms with Gasteiger partial charge in [-0.3, -0.25) is 0 Å². The van der Waals surface area contributed by atoms with Crippen molar-refractivity contribution in [3.05, 3.63) is 76.8 Å². The summed E-state index contributed by atoms with van der Waals surface area (Å²) in [5.41, 5.74) is 3.42. The molecule has 1 unspecified atom stereocenters. The Hall–Kier alpha value is -2.14. The van der Waals surface area contributed by atoms with E-state index in [4.69, 9.17) is 21.1 Å². The first kappa shape index (κ1) is 17.3. The van der Waals surface area contributed by atoms with Crippen LogP contribution in [0.4, 0.5) is 0 Å². The summed E-state index contributed by atoms with van der Waals surface area (Å²) in [6.45, 7) is 0.191. The summed E-state index contributed by atoms with van der Waals surface area (Å²) in [5, 5.41) is 11.6. The second-order valence-electron chi connectivity index (χ2n) is 5.98. The van der Waals surface area contributed by atoms with Crippen molar-refractivity contribution in [2.75, 3.05) is 13.0 Å². The summed E-state index contributed by atoms with van der Waals surface area (Å²) < 4.78 is 11.0. The number of rotatable bonds is 4. The van der Waals surface area contributed by atoms with Gasteiger partial charge in [0, 0.05) is 9.92 Å². The molecule has 0 bridgehead atoms. The molecular weight excluding hydrogens is 368 g/mol. The fraction of sp³-hybridized carbons (Fsp3) is 0.143. The zero-order valence-electron chi connectivity index (χ0n) is 14.1. The second-order valence-corrected chi connectivity index (χ2v) is 7.29. The lowest BCUT2D eigenvalue weighted by Crippen LogP contribution is -2.02. The minimum atomic E-state index is -0.821. The monoisotopic (exact) mass is 384 g/mol. The molecule has 132 valence electrons. The van der Waals surface area contributed by atoms with Crippen LogP contribution in [-0.4, -0.2) is 18.2 Å². The topological polar surface area (TPSA) is 38.7 Å². The van der Waals surface area contributed by atoms with E-state index in [1.54, 1.807) is 23.9 Å². The van der Waals surface area contributed by atoms with Crippen LogP contribution in [0.15, 0.2) is 65.6 Å². The van der Waals surface area contributed by atoms with Crippen molar-refractivity contribution < 1.29 is 14.6 Å². The van der Waals surface area contributed by atoms with Crippen molar-refractivity contribution in [3.63, 3.8) is 0 Å². The van der Waals surface area contributed by atoms with Gasteiger partial charge >= 0.3 is 0 Å². The molecule has 5 heteroatoms. The Labute approximate surface area is 161 Å². The van der Waals surface area contributed by atoms with Crippen molar-refractivity contribution in [2.24, 2.45) is 0 Å². The first-order chi connectivity index (χ1) is 12.7. The van der Waals surface area contributed by atoms with E-state index >= 15 is 0 Å². The highest BCUT2D eigenvalue weighted by molar-refractivity contribution is 7.98. The van der Waals surface area contributed by atoms with Crippen molar-refractivity contribution in [1.29, 1.82) is 0 Å². The lowest BCUT2D eigenvalue weighted by molar-refractivity contribution is 0.173. The SMILES string of the molecule is CSc1ccc(-c2cc3c(cc2C(O)c2cccc(Cl)c2)OCO3)cc1. The quantitative estimate of drug-likeness (QED) is 0.599. The van der Waals surface area contributed by atoms with Crippen LogP contribution in [0.5, 0.6) is 11.5 Å². The minimum Gasteiger partial charge on any atom is -0.454 e. The molecule has 0 saturated heterocycles. The van der Waals surface area contributed by atoms with Crippen LogP contribution < -0.4 is 9.47 Å². The molecule has 0 amide bonds. The predicted octanol–water partition coefficient (Wildman–Crippen LogP) is 5.54. The maximum atomic E-state index is 11.0. The number of halogens is 1. The molecule has 1 atom stereocenters. The Morgan fingerprint density at radius 2 is 1.73 bits per heavy atom. The van der Waals surface area contributed by atoms with Crippen LogP contribution in [0.25, 0.3) is 11.1 Å². The van der Waals surface area contributed by atoms with Crippen LogP contribution >= 0.6 is 23.4 Å². The lowest BCUT2D eigenvalue weighted by Gasteiger charge is -2.18. The fourth-order valence-corrected chi connectivity index (χ4v) is 3.67. The molecule has 0 radical (unpaired) electrons. The van der Waals surface area contributed by atoms with Crippen LogP contribution in [0.2, 0.25) is 5.02 Å². The van der Waals surface area contributed by atoms with Gasteiger partial charge in [0.2, 0.25) is 6.79 Å². The third kappa shape index (κ3) is 3.28. The number of benzene rings is 3. The summed E-state index contributed by atoms with van der Waals surface area (Å²) in [6.07, 6.45) is 1.22. The summed E-state index contributed by atoms with van der Waals surface area (Å²) in [6, 6.07) is 19.3. The molecule has 0 spiro atoms. The number of hydrogen-bond donors (Lipinski definition) is 1. The maximum Gasteiger partial charge on any atom is 0.231 e. The van der Waals surface area contributed by atoms with Crippen LogP contribution in [0, 0.1) is 0 Å². The number of aliphatic hydroxyl groups is 1. The van der Waals surface area contributed by atoms with Crippen molar-refractivity contribution in [3.8, 4) is 22.6 Å². The van der Waals surface area contributed by atoms with Gasteiger partial charge in [-0.15, -0.1) is 11.8 Å². The Bertz CT molecular complexity index is 940. The van der Waals surface area contributed by atoms with E-state index in [0.717, 1.165) is 22.3 Å². The van der Waals surface area contributed by atoms with E-state index in [9.17, 15) is 5.11 Å². The molecule has 0 aromatic heterocycles. The maximum absolute atomic E-state index is 11.0. The van der Waals surface area contributed by atoms with E-state index in [-0.39, 0.29) is 6.79 Å². The van der Waals surface area contributed by atoms with Gasteiger partial charge in [-0.1, -0.05) is 35.9 Å². The fourth-order valence-electron chi connectivity index (χ4n) is 3.06. The first-order valence-corrected chi connectivity index (χ1v) is 9.77. The highest BCUT2D eigenvalue weighted by Gasteiger charge is 2.23. The lowest BCUT2D eigenvalue weighted by atomic mass is 9.92. The molecule has 3 aromatic carbocycles. The second kappa shape index (κ2) is 7.23. The van der Waals surface area contributed by atoms with E-state index in [1.807, 2.05) is 30.5 Å². The predicted molar refractivity (Wildman–Crippen MR) is 105 cm³/mol. The smallest absolute Gasteiger partial charge is 0.231 e. The van der Waals surface area contributed by atoms with Crippen LogP contribution in [0.1, 0.15) is 17.2 Å². The Morgan fingerprint density at radius 1 is 1.00 bits per heavy atom. The first-order valence-electron chi connectivity index (χ1n) is 8.17. The van der Waals surface area contributed by atoms with Gasteiger partial charge in [0.25, 0.3) is 0 Å². The van der Waals surface area contributed by atoms with Gasteiger partial charge in [-0.05, 0) is 64.9 Å². The standard InChI is InChI=1S/C21H17ClO3S/c1-26-16-7-5-13(6-8-16)17-10-19-20(25-12-24-19)11-18(17)21(23)14-3-2-4-15(22)9-14/h2-11,21,23H,12H2,1H3. The zero-order chi connectivity index (χ0) is 18.1. The average molecular weight is 385 g/mol. The Balaban J connectivity index is 1.84. The molecule has 1 aliphatic rings. The molecule has 3 aromatic rings. The summed E-state index contributed by atoms with van der Waals surface area (Å²) in [7, 11) is 0. The minimum absolute atomic E-state index is 0.191. The van der Waals surface area contributed by atoms with E-state index < -0.39 is 6.10 Å². The normalized spacial score (nSPS) is 13.7. The van der Waals surface area contributed by atoms with Gasteiger partial charge < -0.3 is 14.6 Å². The Kier molecular flexibility index (Phi) is 4.81. The largest absolute Gasteiger partial charge is 0.454 e. The average Bonchev–Trinajstić information content (AvgIpc) is 3.14. The number of hydrogen-bond acceptors (Lipinski definition) is 4. The van der Waals surface area contributed by atoms with Crippen molar-refractivity contribution in [1.82, 2.24) is 0 Å². The third-order valence-electron chi connectivity index (χ3n) is 4.40. The molecule has 1 aliphatic heterocycles. The molecular formula is C21H17ClO3S. The summed E-state index contributed by atoms with van der Waals surface area (Å²) in [4.78, 5) is 1.19. The van der Waals surface area contributed by atoms with Crippen molar-refractivity contribution >= 4 is 23.4 Å². The molecule has 4 rings (SSSR count). The number of aliphatic hydroxyl groups excluding tert-OH is 1. The highest BCUT2D eigenvalue weighted by Crippen LogP contribution is 2.42. The number of fused-ring (bicyclic) bond motifs is 1. The highest BCUT2D eigenvalue weighted by atomic mass is 35.5. The van der Waals surface area contributed by atoms with E-state index in [1.165, 1.54) is 4.90 Å². The summed E-state index contributed by atoms with van der Waals surface area (Å²) in [5.74, 6) is 1.33. The molecule has 3 nitrogen and oxygen atoms in total. The number of thioether (sulfide) groups is 1. The molecule has 0 saturated carbocycles. The van der Waals surface area contributed by atoms with Crippen LogP contribution in [-0.2, 0) is 0 Å². The molecule has 1 N–H and O–H groups in total. The van der Waals surface area contributed by atoms with Crippen molar-refractivity contribution in [2.45, 2.75) is 11.0 Å². The van der Waals surface area contributed by atoms with E-state index in [0.29, 0.717) is 16.5 Å². The van der Waals surface area contributed by atoms with Gasteiger partial charge in [0.1, 0.15) is 6.10 Å². The third-order valence-corrected chi connectivity index (χ3v) is 5.38. The number of ether oxygens (including phenoxy) is 2. The van der Waals surface area contributed by atoms with Gasteiger partial charge in [0.15, 0.2) is 11.5 Å². The molecule has 1 heterocycles. The summed E-state index contributed by atoms with van der Waals surface area (Å²) >= 11 is 7.80. The van der Waals surface area contributed by atoms with Gasteiger partial charge in [-0.25, -0.2) is 0 Å². The van der Waals surface area contributed by atoms with Crippen LogP contribution in [0.3, 0.4) is 0 Å². The molecule has 26 heavy (non-hydrogen) atoms. The van der Waals surface area contributed by atoms with Gasteiger partial charge in [-0.2, -0.15) is 0 Å². The Morgan fingerprint density at radius 3 is 2.42 bits per heavy atom. The molecule has 0 fully saturated rings. The zero-order valence-corrected chi connectivity index (χ0v) is 15.7. The van der Waals surface area contributed by atoms with E-state index in [2.05, 4.69) is 24.3 Å². The van der Waals surface area contributed by atoms with Gasteiger partial charge in [0.05, 0.1) is 0 Å². The molecule has 0 aliphatic carbocycles.